The van der Waals surface area contributed by atoms with Gasteiger partial charge in [-0.1, -0.05) is 6.92 Å². The van der Waals surface area contributed by atoms with Crippen LogP contribution in [0.3, 0.4) is 0 Å². The molecule has 1 heterocycles. The lowest BCUT2D eigenvalue weighted by Crippen LogP contribution is -2.36. The molecule has 1 aliphatic rings. The van der Waals surface area contributed by atoms with E-state index >= 15 is 0 Å². The Labute approximate surface area is 84.4 Å². The van der Waals surface area contributed by atoms with E-state index in [0.717, 1.165) is 26.3 Å². The Kier molecular flexibility index (Phi) is 7.02. The SMILES string of the molecule is CCCN1CCOCC1.O=S(=O)(O)O. The molecule has 0 aromatic rings. The molecule has 1 rings (SSSR count). The highest BCUT2D eigenvalue weighted by atomic mass is 32.3. The van der Waals surface area contributed by atoms with E-state index in [1.807, 2.05) is 0 Å². The molecule has 0 atom stereocenters. The smallest absolute Gasteiger partial charge is 0.379 e. The highest BCUT2D eigenvalue weighted by Gasteiger charge is 2.07. The third-order valence-corrected chi connectivity index (χ3v) is 1.64. The van der Waals surface area contributed by atoms with Crippen molar-refractivity contribution in [3.8, 4) is 0 Å². The van der Waals surface area contributed by atoms with E-state index in [1.165, 1.54) is 13.0 Å². The normalized spacial score (nSPS) is 18.5. The predicted octanol–water partition coefficient (Wildman–Crippen LogP) is 0.0758. The van der Waals surface area contributed by atoms with Crippen LogP contribution < -0.4 is 0 Å². The van der Waals surface area contributed by atoms with Crippen LogP contribution in [0.15, 0.2) is 0 Å². The second kappa shape index (κ2) is 7.13. The van der Waals surface area contributed by atoms with E-state index in [9.17, 15) is 0 Å². The molecule has 0 aromatic heterocycles. The lowest BCUT2D eigenvalue weighted by molar-refractivity contribution is 0.0380. The summed E-state index contributed by atoms with van der Waals surface area (Å²) in [5.74, 6) is 0. The van der Waals surface area contributed by atoms with E-state index < -0.39 is 10.4 Å². The predicted molar refractivity (Wildman–Crippen MR) is 51.7 cm³/mol. The van der Waals surface area contributed by atoms with Crippen LogP contribution >= 0.6 is 0 Å². The second-order valence-electron chi connectivity index (χ2n) is 2.90. The van der Waals surface area contributed by atoms with Gasteiger partial charge in [-0.15, -0.1) is 0 Å². The van der Waals surface area contributed by atoms with Crippen LogP contribution in [0.5, 0.6) is 0 Å². The van der Waals surface area contributed by atoms with Gasteiger partial charge in [-0.05, 0) is 13.0 Å². The molecule has 6 nitrogen and oxygen atoms in total. The molecule has 86 valence electrons. The minimum absolute atomic E-state index is 0.931. The van der Waals surface area contributed by atoms with Crippen LogP contribution in [-0.4, -0.2) is 55.3 Å². The fraction of sp³-hybridized carbons (Fsp3) is 1.00. The Hall–Kier alpha value is -0.210. The number of ether oxygens (including phenoxy) is 1. The second-order valence-corrected chi connectivity index (χ2v) is 3.80. The van der Waals surface area contributed by atoms with Crippen molar-refractivity contribution in [2.75, 3.05) is 32.8 Å². The quantitative estimate of drug-likeness (QED) is 0.649. The molecule has 1 saturated heterocycles. The maximum atomic E-state index is 8.74. The Morgan fingerprint density at radius 2 is 1.71 bits per heavy atom. The molecule has 0 aliphatic carbocycles. The zero-order valence-corrected chi connectivity index (χ0v) is 9.03. The number of hydrogen-bond acceptors (Lipinski definition) is 4. The summed E-state index contributed by atoms with van der Waals surface area (Å²) in [6, 6.07) is 0. The third kappa shape index (κ3) is 11.8. The van der Waals surface area contributed by atoms with Gasteiger partial charge in [0.1, 0.15) is 0 Å². The van der Waals surface area contributed by atoms with Gasteiger partial charge >= 0.3 is 10.4 Å². The molecule has 14 heavy (non-hydrogen) atoms. The number of morpholine rings is 1. The topological polar surface area (TPSA) is 87.1 Å². The number of nitrogens with zero attached hydrogens (tertiary/aromatic N) is 1. The lowest BCUT2D eigenvalue weighted by Gasteiger charge is -2.25. The molecule has 0 saturated carbocycles. The summed E-state index contributed by atoms with van der Waals surface area (Å²) in [5.41, 5.74) is 0. The van der Waals surface area contributed by atoms with Crippen LogP contribution in [0.1, 0.15) is 13.3 Å². The molecule has 0 aromatic carbocycles. The maximum Gasteiger partial charge on any atom is 0.394 e. The molecule has 7 heteroatoms. The van der Waals surface area contributed by atoms with Crippen LogP contribution in [-0.2, 0) is 15.1 Å². The minimum Gasteiger partial charge on any atom is -0.379 e. The van der Waals surface area contributed by atoms with E-state index in [4.69, 9.17) is 22.3 Å². The van der Waals surface area contributed by atoms with Gasteiger partial charge in [-0.3, -0.25) is 14.0 Å². The van der Waals surface area contributed by atoms with Crippen molar-refractivity contribution in [1.82, 2.24) is 4.90 Å². The average Bonchev–Trinajstić information content (AvgIpc) is 2.03. The monoisotopic (exact) mass is 227 g/mol. The van der Waals surface area contributed by atoms with Gasteiger partial charge in [0, 0.05) is 13.1 Å². The highest BCUT2D eigenvalue weighted by molar-refractivity contribution is 7.79. The molecule has 1 aliphatic heterocycles. The Morgan fingerprint density at radius 1 is 1.29 bits per heavy atom. The minimum atomic E-state index is -4.67. The van der Waals surface area contributed by atoms with E-state index in [-0.39, 0.29) is 0 Å². The molecule has 0 radical (unpaired) electrons. The third-order valence-electron chi connectivity index (χ3n) is 1.64. The molecule has 0 bridgehead atoms. The summed E-state index contributed by atoms with van der Waals surface area (Å²) in [6.45, 7) is 7.58. The summed E-state index contributed by atoms with van der Waals surface area (Å²) in [7, 11) is -4.67. The Balaban J connectivity index is 0.000000292. The van der Waals surface area contributed by atoms with Crippen LogP contribution in [0.25, 0.3) is 0 Å². The molecule has 0 amide bonds. The van der Waals surface area contributed by atoms with Gasteiger partial charge in [0.05, 0.1) is 13.2 Å². The van der Waals surface area contributed by atoms with Crippen molar-refractivity contribution in [2.45, 2.75) is 13.3 Å². The summed E-state index contributed by atoms with van der Waals surface area (Å²) < 4.78 is 36.8. The van der Waals surface area contributed by atoms with Crippen molar-refractivity contribution < 1.29 is 22.3 Å². The van der Waals surface area contributed by atoms with Crippen molar-refractivity contribution in [3.05, 3.63) is 0 Å². The summed E-state index contributed by atoms with van der Waals surface area (Å²) in [5, 5.41) is 0. The lowest BCUT2D eigenvalue weighted by atomic mass is 10.4. The first-order valence-corrected chi connectivity index (χ1v) is 5.83. The highest BCUT2D eigenvalue weighted by Crippen LogP contribution is 1.96. The summed E-state index contributed by atoms with van der Waals surface area (Å²) in [6.07, 6.45) is 1.26. The molecular formula is C7H17NO5S. The van der Waals surface area contributed by atoms with Gasteiger partial charge in [0.15, 0.2) is 0 Å². The van der Waals surface area contributed by atoms with E-state index in [0.29, 0.717) is 0 Å². The maximum absolute atomic E-state index is 8.74. The zero-order valence-electron chi connectivity index (χ0n) is 8.22. The van der Waals surface area contributed by atoms with Gasteiger partial charge in [0.25, 0.3) is 0 Å². The first-order chi connectivity index (χ1) is 6.43. The molecule has 0 unspecified atom stereocenters. The molecule has 0 spiro atoms. The molecule has 2 N–H and O–H groups in total. The van der Waals surface area contributed by atoms with Crippen LogP contribution in [0, 0.1) is 0 Å². The van der Waals surface area contributed by atoms with Gasteiger partial charge in [-0.2, -0.15) is 8.42 Å². The van der Waals surface area contributed by atoms with Gasteiger partial charge in [-0.25, -0.2) is 0 Å². The largest absolute Gasteiger partial charge is 0.394 e. The summed E-state index contributed by atoms with van der Waals surface area (Å²) >= 11 is 0. The van der Waals surface area contributed by atoms with Crippen molar-refractivity contribution in [2.24, 2.45) is 0 Å². The van der Waals surface area contributed by atoms with Gasteiger partial charge in [0.2, 0.25) is 0 Å². The first-order valence-electron chi connectivity index (χ1n) is 4.43. The first kappa shape index (κ1) is 13.8. The van der Waals surface area contributed by atoms with E-state index in [2.05, 4.69) is 11.8 Å². The fourth-order valence-corrected chi connectivity index (χ4v) is 1.14. The van der Waals surface area contributed by atoms with Crippen molar-refractivity contribution in [1.29, 1.82) is 0 Å². The number of hydrogen-bond donors (Lipinski definition) is 2. The average molecular weight is 227 g/mol. The van der Waals surface area contributed by atoms with Crippen LogP contribution in [0.4, 0.5) is 0 Å². The molecular weight excluding hydrogens is 210 g/mol. The fourth-order valence-electron chi connectivity index (χ4n) is 1.14. The molecule has 1 fully saturated rings. The standard InChI is InChI=1S/C7H15NO.H2O4S/c1-2-3-8-4-6-9-7-5-8;1-5(2,3)4/h2-7H2,1H3;(H2,1,2,3,4). The number of rotatable bonds is 2. The van der Waals surface area contributed by atoms with E-state index in [1.54, 1.807) is 0 Å². The van der Waals surface area contributed by atoms with Crippen molar-refractivity contribution in [3.63, 3.8) is 0 Å². The van der Waals surface area contributed by atoms with Crippen molar-refractivity contribution >= 4 is 10.4 Å². The summed E-state index contributed by atoms with van der Waals surface area (Å²) in [4.78, 5) is 2.45. The zero-order chi connectivity index (χ0) is 11.0. The Morgan fingerprint density at radius 3 is 2.07 bits per heavy atom. The van der Waals surface area contributed by atoms with Crippen LogP contribution in [0.2, 0.25) is 0 Å². The Bertz CT molecular complexity index is 211. The van der Waals surface area contributed by atoms with Gasteiger partial charge < -0.3 is 4.74 Å².